The molecule has 20 heavy (non-hydrogen) atoms. The van der Waals surface area contributed by atoms with Crippen molar-refractivity contribution < 1.29 is 9.53 Å². The van der Waals surface area contributed by atoms with Gasteiger partial charge in [-0.15, -0.1) is 0 Å². The monoisotopic (exact) mass is 270 g/mol. The minimum atomic E-state index is -0.440. The molecular formula is C16H18N2O2. The number of carbonyl (C=O) groups excluding carboxylic acids is 1. The van der Waals surface area contributed by atoms with E-state index in [1.54, 1.807) is 10.8 Å². The summed E-state index contributed by atoms with van der Waals surface area (Å²) >= 11 is 0. The van der Waals surface area contributed by atoms with Gasteiger partial charge < -0.3 is 10.2 Å². The first-order chi connectivity index (χ1) is 9.79. The Balaban J connectivity index is 2.06. The number of carbonyl (C=O) groups is 1. The summed E-state index contributed by atoms with van der Waals surface area (Å²) in [7, 11) is 0. The maximum absolute atomic E-state index is 12.1. The van der Waals surface area contributed by atoms with Crippen molar-refractivity contribution in [1.82, 2.24) is 4.68 Å². The summed E-state index contributed by atoms with van der Waals surface area (Å²) in [6.07, 6.45) is 5.82. The van der Waals surface area contributed by atoms with Crippen LogP contribution in [0.25, 0.3) is 0 Å². The van der Waals surface area contributed by atoms with Gasteiger partial charge in [0.1, 0.15) is 12.6 Å². The van der Waals surface area contributed by atoms with Gasteiger partial charge in [0.15, 0.2) is 0 Å². The summed E-state index contributed by atoms with van der Waals surface area (Å²) < 4.78 is 6.89. The Morgan fingerprint density at radius 2 is 1.95 bits per heavy atom. The van der Waals surface area contributed by atoms with Crippen molar-refractivity contribution in [2.24, 2.45) is 0 Å². The Morgan fingerprint density at radius 1 is 1.25 bits per heavy atom. The van der Waals surface area contributed by atoms with Gasteiger partial charge in [-0.25, -0.2) is 4.79 Å². The molecule has 0 radical (unpaired) electrons. The Labute approximate surface area is 118 Å². The molecule has 0 aliphatic carbocycles. The Hall–Kier alpha value is -2.49. The second-order valence-corrected chi connectivity index (χ2v) is 4.38. The zero-order valence-electron chi connectivity index (χ0n) is 11.2. The normalized spacial score (nSPS) is 11.6. The minimum Gasteiger partial charge on any atom is -0.460 e. The zero-order valence-corrected chi connectivity index (χ0v) is 11.2. The first-order valence-electron chi connectivity index (χ1n) is 6.50. The van der Waals surface area contributed by atoms with E-state index in [2.05, 4.69) is 12.0 Å². The summed E-state index contributed by atoms with van der Waals surface area (Å²) in [6.45, 7) is 3.77. The van der Waals surface area contributed by atoms with Crippen LogP contribution in [0.2, 0.25) is 0 Å². The van der Waals surface area contributed by atoms with Crippen molar-refractivity contribution in [2.75, 3.05) is 12.0 Å². The van der Waals surface area contributed by atoms with Crippen LogP contribution in [0.4, 0.5) is 0 Å². The van der Waals surface area contributed by atoms with E-state index in [0.717, 1.165) is 5.56 Å². The minimum absolute atomic E-state index is 0.220. The fraction of sp³-hybridized carbons (Fsp3) is 0.188. The molecule has 1 heterocycles. The number of nitrogens with one attached hydrogen (secondary N) is 1. The van der Waals surface area contributed by atoms with E-state index in [-0.39, 0.29) is 12.6 Å². The summed E-state index contributed by atoms with van der Waals surface area (Å²) in [5.74, 6) is -0.289. The van der Waals surface area contributed by atoms with Gasteiger partial charge in [0.05, 0.1) is 0 Å². The largest absolute Gasteiger partial charge is 0.460 e. The maximum atomic E-state index is 12.1. The predicted octanol–water partition coefficient (Wildman–Crippen LogP) is 2.37. The van der Waals surface area contributed by atoms with Crippen molar-refractivity contribution in [1.29, 1.82) is 0 Å². The molecule has 1 aromatic carbocycles. The second-order valence-electron chi connectivity index (χ2n) is 4.38. The van der Waals surface area contributed by atoms with Crippen molar-refractivity contribution in [3.8, 4) is 0 Å². The zero-order chi connectivity index (χ0) is 14.2. The second kappa shape index (κ2) is 7.19. The van der Waals surface area contributed by atoms with Crippen LogP contribution < -0.4 is 5.43 Å². The lowest BCUT2D eigenvalue weighted by molar-refractivity contribution is -0.143. The number of aromatic nitrogens is 1. The summed E-state index contributed by atoms with van der Waals surface area (Å²) in [4.78, 5) is 12.1. The quantitative estimate of drug-likeness (QED) is 0.620. The third-order valence-corrected chi connectivity index (χ3v) is 2.82. The summed E-state index contributed by atoms with van der Waals surface area (Å²) in [5, 5.41) is 0. The highest BCUT2D eigenvalue weighted by molar-refractivity contribution is 5.77. The third kappa shape index (κ3) is 4.02. The van der Waals surface area contributed by atoms with Crippen LogP contribution >= 0.6 is 0 Å². The van der Waals surface area contributed by atoms with E-state index < -0.39 is 6.04 Å². The SMILES string of the molecule is C=CCOC(=O)[C@H](Cc1ccccc1)Nn1cccc1. The highest BCUT2D eigenvalue weighted by Gasteiger charge is 2.20. The van der Waals surface area contributed by atoms with Gasteiger partial charge in [-0.2, -0.15) is 0 Å². The molecule has 1 atom stereocenters. The van der Waals surface area contributed by atoms with E-state index in [1.165, 1.54) is 0 Å². The van der Waals surface area contributed by atoms with Crippen LogP contribution in [0.5, 0.6) is 0 Å². The molecule has 0 amide bonds. The average molecular weight is 270 g/mol. The average Bonchev–Trinajstić information content (AvgIpc) is 2.98. The molecule has 0 fully saturated rings. The molecule has 4 nitrogen and oxygen atoms in total. The highest BCUT2D eigenvalue weighted by Crippen LogP contribution is 2.06. The molecule has 0 saturated heterocycles. The van der Waals surface area contributed by atoms with Gasteiger partial charge in [0.2, 0.25) is 0 Å². The van der Waals surface area contributed by atoms with Crippen molar-refractivity contribution in [3.05, 3.63) is 73.1 Å². The van der Waals surface area contributed by atoms with E-state index in [9.17, 15) is 4.79 Å². The maximum Gasteiger partial charge on any atom is 0.330 e. The fourth-order valence-electron chi connectivity index (χ4n) is 1.87. The molecule has 0 unspecified atom stereocenters. The molecule has 0 saturated carbocycles. The van der Waals surface area contributed by atoms with E-state index in [4.69, 9.17) is 4.74 Å². The van der Waals surface area contributed by atoms with Crippen LogP contribution in [0.1, 0.15) is 5.56 Å². The highest BCUT2D eigenvalue weighted by atomic mass is 16.5. The fourth-order valence-corrected chi connectivity index (χ4v) is 1.87. The van der Waals surface area contributed by atoms with Gasteiger partial charge in [-0.1, -0.05) is 43.0 Å². The molecule has 0 aliphatic rings. The third-order valence-electron chi connectivity index (χ3n) is 2.82. The number of nitrogens with zero attached hydrogens (tertiary/aromatic N) is 1. The number of rotatable bonds is 7. The van der Waals surface area contributed by atoms with E-state index >= 15 is 0 Å². The molecule has 0 aliphatic heterocycles. The summed E-state index contributed by atoms with van der Waals surface area (Å²) in [5.41, 5.74) is 4.20. The van der Waals surface area contributed by atoms with Gasteiger partial charge in [0.25, 0.3) is 0 Å². The molecule has 0 bridgehead atoms. The number of benzene rings is 1. The molecule has 2 aromatic rings. The van der Waals surface area contributed by atoms with Gasteiger partial charge in [-0.3, -0.25) is 4.68 Å². The Kier molecular flexibility index (Phi) is 5.00. The van der Waals surface area contributed by atoms with Crippen molar-refractivity contribution >= 4 is 5.97 Å². The number of hydrogen-bond donors (Lipinski definition) is 1. The smallest absolute Gasteiger partial charge is 0.330 e. The number of esters is 1. The lowest BCUT2D eigenvalue weighted by Gasteiger charge is -2.19. The molecule has 1 N–H and O–H groups in total. The lowest BCUT2D eigenvalue weighted by atomic mass is 10.1. The molecule has 1 aromatic heterocycles. The molecule has 0 spiro atoms. The van der Waals surface area contributed by atoms with Crippen LogP contribution in [-0.4, -0.2) is 23.3 Å². The van der Waals surface area contributed by atoms with Crippen LogP contribution in [0.3, 0.4) is 0 Å². The topological polar surface area (TPSA) is 43.3 Å². The van der Waals surface area contributed by atoms with Crippen molar-refractivity contribution in [2.45, 2.75) is 12.5 Å². The van der Waals surface area contributed by atoms with Crippen molar-refractivity contribution in [3.63, 3.8) is 0 Å². The van der Waals surface area contributed by atoms with E-state index in [0.29, 0.717) is 6.42 Å². The lowest BCUT2D eigenvalue weighted by Crippen LogP contribution is -2.38. The predicted molar refractivity (Wildman–Crippen MR) is 78.9 cm³/mol. The standard InChI is InChI=1S/C16H18N2O2/c1-2-12-20-16(19)15(17-18-10-6-7-11-18)13-14-8-4-3-5-9-14/h2-11,15,17H,1,12-13H2/t15-/m0/s1. The number of ether oxygens (including phenoxy) is 1. The Morgan fingerprint density at radius 3 is 2.60 bits per heavy atom. The first kappa shape index (κ1) is 13.9. The summed E-state index contributed by atoms with van der Waals surface area (Å²) in [6, 6.07) is 13.2. The molecule has 2 rings (SSSR count). The van der Waals surface area contributed by atoms with E-state index in [1.807, 2.05) is 54.9 Å². The van der Waals surface area contributed by atoms with Crippen LogP contribution in [0, 0.1) is 0 Å². The molecule has 104 valence electrons. The first-order valence-corrected chi connectivity index (χ1v) is 6.50. The molecular weight excluding hydrogens is 252 g/mol. The van der Waals surface area contributed by atoms with Crippen LogP contribution in [-0.2, 0) is 16.0 Å². The van der Waals surface area contributed by atoms with Gasteiger partial charge in [-0.05, 0) is 17.7 Å². The Bertz CT molecular complexity index is 535. The van der Waals surface area contributed by atoms with Crippen LogP contribution in [0.15, 0.2) is 67.5 Å². The molecule has 4 heteroatoms. The van der Waals surface area contributed by atoms with Gasteiger partial charge >= 0.3 is 5.97 Å². The number of hydrogen-bond acceptors (Lipinski definition) is 3. The van der Waals surface area contributed by atoms with Gasteiger partial charge in [0, 0.05) is 18.8 Å².